The third kappa shape index (κ3) is 4.72. The third-order valence-corrected chi connectivity index (χ3v) is 4.86. The van der Waals surface area contributed by atoms with Crippen molar-refractivity contribution in [3.05, 3.63) is 107 Å². The number of hydrogen-bond acceptors (Lipinski definition) is 4. The van der Waals surface area contributed by atoms with Crippen molar-refractivity contribution in [2.45, 2.75) is 19.7 Å². The highest BCUT2D eigenvalue weighted by molar-refractivity contribution is 6.09. The van der Waals surface area contributed by atoms with E-state index in [9.17, 15) is 18.0 Å². The number of halogens is 3. The lowest BCUT2D eigenvalue weighted by Gasteiger charge is -2.07. The topological polar surface area (TPSA) is 52.3 Å². The smallest absolute Gasteiger partial charge is 0.416 e. The van der Waals surface area contributed by atoms with Gasteiger partial charge in [-0.15, -0.1) is 0 Å². The molecule has 0 fully saturated rings. The van der Waals surface area contributed by atoms with Crippen LogP contribution in [0.3, 0.4) is 0 Å². The van der Waals surface area contributed by atoms with Crippen molar-refractivity contribution in [1.29, 1.82) is 0 Å². The average Bonchev–Trinajstić information content (AvgIpc) is 3.18. The molecule has 4 aromatic rings. The summed E-state index contributed by atoms with van der Waals surface area (Å²) in [6.07, 6.45) is -4.40. The predicted molar refractivity (Wildman–Crippen MR) is 112 cm³/mol. The van der Waals surface area contributed by atoms with Gasteiger partial charge in [0.25, 0.3) is 0 Å². The van der Waals surface area contributed by atoms with Crippen LogP contribution < -0.4 is 4.74 Å². The number of rotatable bonds is 6. The maximum absolute atomic E-state index is 12.7. The Kier molecular flexibility index (Phi) is 5.81. The van der Waals surface area contributed by atoms with Gasteiger partial charge in [0, 0.05) is 16.7 Å². The Labute approximate surface area is 182 Å². The summed E-state index contributed by atoms with van der Waals surface area (Å²) in [6, 6.07) is 20.4. The summed E-state index contributed by atoms with van der Waals surface area (Å²) in [5.74, 6) is 1.09. The monoisotopic (exact) mass is 437 g/mol. The van der Waals surface area contributed by atoms with Gasteiger partial charge in [0.15, 0.2) is 5.78 Å². The van der Waals surface area contributed by atoms with E-state index in [0.717, 1.165) is 12.1 Å². The van der Waals surface area contributed by atoms with Gasteiger partial charge in [0.2, 0.25) is 5.89 Å². The number of alkyl halides is 3. The summed E-state index contributed by atoms with van der Waals surface area (Å²) in [5.41, 5.74) is 1.29. The summed E-state index contributed by atoms with van der Waals surface area (Å²) in [4.78, 5) is 17.0. The highest BCUT2D eigenvalue weighted by atomic mass is 19.4. The maximum atomic E-state index is 12.7. The van der Waals surface area contributed by atoms with Crippen molar-refractivity contribution in [2.24, 2.45) is 0 Å². The van der Waals surface area contributed by atoms with Gasteiger partial charge in [0.05, 0.1) is 5.56 Å². The Morgan fingerprint density at radius 2 is 1.62 bits per heavy atom. The molecule has 0 spiro atoms. The van der Waals surface area contributed by atoms with E-state index in [2.05, 4.69) is 4.98 Å². The molecule has 0 saturated heterocycles. The quantitative estimate of drug-likeness (QED) is 0.324. The van der Waals surface area contributed by atoms with E-state index in [1.165, 1.54) is 12.1 Å². The van der Waals surface area contributed by atoms with Crippen LogP contribution in [0.2, 0.25) is 0 Å². The molecule has 4 rings (SSSR count). The van der Waals surface area contributed by atoms with E-state index >= 15 is 0 Å². The minimum Gasteiger partial charge on any atom is -0.487 e. The average molecular weight is 437 g/mol. The summed E-state index contributed by atoms with van der Waals surface area (Å²) < 4.78 is 49.6. The number of carbonyl (C=O) groups is 1. The Morgan fingerprint density at radius 3 is 2.31 bits per heavy atom. The zero-order valence-electron chi connectivity index (χ0n) is 17.0. The first-order chi connectivity index (χ1) is 15.3. The Morgan fingerprint density at radius 1 is 0.938 bits per heavy atom. The molecule has 0 amide bonds. The van der Waals surface area contributed by atoms with Crippen LogP contribution in [0.5, 0.6) is 5.75 Å². The maximum Gasteiger partial charge on any atom is 0.416 e. The molecule has 4 nitrogen and oxygen atoms in total. The number of hydrogen-bond donors (Lipinski definition) is 0. The second-order valence-electron chi connectivity index (χ2n) is 7.11. The molecule has 0 saturated carbocycles. The second-order valence-corrected chi connectivity index (χ2v) is 7.11. The summed E-state index contributed by atoms with van der Waals surface area (Å²) in [6.45, 7) is 1.79. The molecule has 1 aromatic heterocycles. The Hall–Kier alpha value is -3.87. The van der Waals surface area contributed by atoms with Gasteiger partial charge >= 0.3 is 6.18 Å². The van der Waals surface area contributed by atoms with Gasteiger partial charge in [-0.3, -0.25) is 4.79 Å². The van der Waals surface area contributed by atoms with Crippen LogP contribution in [0.4, 0.5) is 13.2 Å². The molecule has 162 valence electrons. The third-order valence-electron chi connectivity index (χ3n) is 4.86. The molecule has 0 aliphatic carbocycles. The molecule has 0 aliphatic rings. The fourth-order valence-electron chi connectivity index (χ4n) is 3.12. The van der Waals surface area contributed by atoms with Gasteiger partial charge in [-0.25, -0.2) is 4.98 Å². The largest absolute Gasteiger partial charge is 0.487 e. The molecule has 0 unspecified atom stereocenters. The number of nitrogens with zero attached hydrogens (tertiary/aromatic N) is 1. The van der Waals surface area contributed by atoms with Crippen LogP contribution in [0.25, 0.3) is 11.5 Å². The van der Waals surface area contributed by atoms with Crippen LogP contribution >= 0.6 is 0 Å². The van der Waals surface area contributed by atoms with Crippen molar-refractivity contribution >= 4 is 5.78 Å². The molecule has 0 bridgehead atoms. The summed E-state index contributed by atoms with van der Waals surface area (Å²) in [7, 11) is 0. The summed E-state index contributed by atoms with van der Waals surface area (Å²) >= 11 is 0. The van der Waals surface area contributed by atoms with Crippen molar-refractivity contribution in [3.63, 3.8) is 0 Å². The SMILES string of the molecule is Cc1oc(-c2ccc(C(F)(F)F)cc2)nc1COc1cccc(C(=O)c2ccccc2)c1. The number of aromatic nitrogens is 1. The predicted octanol–water partition coefficient (Wildman–Crippen LogP) is 6.48. The Balaban J connectivity index is 1.47. The van der Waals surface area contributed by atoms with Crippen LogP contribution in [0.15, 0.2) is 83.3 Å². The van der Waals surface area contributed by atoms with Gasteiger partial charge in [0.1, 0.15) is 23.8 Å². The van der Waals surface area contributed by atoms with Gasteiger partial charge in [-0.1, -0.05) is 42.5 Å². The van der Waals surface area contributed by atoms with E-state index in [1.54, 1.807) is 55.5 Å². The molecule has 7 heteroatoms. The lowest BCUT2D eigenvalue weighted by molar-refractivity contribution is -0.137. The highest BCUT2D eigenvalue weighted by Crippen LogP contribution is 2.31. The first-order valence-electron chi connectivity index (χ1n) is 9.78. The van der Waals surface area contributed by atoms with E-state index in [4.69, 9.17) is 9.15 Å². The van der Waals surface area contributed by atoms with Crippen molar-refractivity contribution in [3.8, 4) is 17.2 Å². The van der Waals surface area contributed by atoms with Crippen LogP contribution in [-0.4, -0.2) is 10.8 Å². The molecule has 1 heterocycles. The van der Waals surface area contributed by atoms with Crippen LogP contribution in [0, 0.1) is 6.92 Å². The van der Waals surface area contributed by atoms with E-state index in [-0.39, 0.29) is 18.3 Å². The van der Waals surface area contributed by atoms with E-state index < -0.39 is 11.7 Å². The van der Waals surface area contributed by atoms with Crippen LogP contribution in [0.1, 0.15) is 32.9 Å². The molecular weight excluding hydrogens is 419 g/mol. The summed E-state index contributed by atoms with van der Waals surface area (Å²) in [5, 5.41) is 0. The number of ether oxygens (including phenoxy) is 1. The Bertz CT molecular complexity index is 1230. The minimum absolute atomic E-state index is 0.0823. The first-order valence-corrected chi connectivity index (χ1v) is 9.78. The zero-order chi connectivity index (χ0) is 22.7. The van der Waals surface area contributed by atoms with Gasteiger partial charge in [-0.05, 0) is 43.3 Å². The highest BCUT2D eigenvalue weighted by Gasteiger charge is 2.30. The normalized spacial score (nSPS) is 11.4. The lowest BCUT2D eigenvalue weighted by Crippen LogP contribution is -2.04. The molecule has 0 radical (unpaired) electrons. The fraction of sp³-hybridized carbons (Fsp3) is 0.120. The lowest BCUT2D eigenvalue weighted by atomic mass is 10.0. The number of oxazole rings is 1. The van der Waals surface area contributed by atoms with Crippen molar-refractivity contribution in [2.75, 3.05) is 0 Å². The standard InChI is InChI=1S/C25H18F3NO3/c1-16-22(29-24(32-16)18-10-12-20(13-11-18)25(26,27)28)15-31-21-9-5-8-19(14-21)23(30)17-6-3-2-4-7-17/h2-14H,15H2,1H3. The fourth-order valence-corrected chi connectivity index (χ4v) is 3.12. The van der Waals surface area contributed by atoms with Crippen molar-refractivity contribution < 1.29 is 27.1 Å². The van der Waals surface area contributed by atoms with Gasteiger partial charge in [-0.2, -0.15) is 13.2 Å². The number of aryl methyl sites for hydroxylation is 1. The molecular formula is C25H18F3NO3. The molecule has 0 atom stereocenters. The number of ketones is 1. The molecule has 3 aromatic carbocycles. The molecule has 0 N–H and O–H groups in total. The zero-order valence-corrected chi connectivity index (χ0v) is 17.0. The minimum atomic E-state index is -4.40. The van der Waals surface area contributed by atoms with Crippen molar-refractivity contribution in [1.82, 2.24) is 4.98 Å². The number of carbonyl (C=O) groups excluding carboxylic acids is 1. The molecule has 0 aliphatic heterocycles. The van der Waals surface area contributed by atoms with Gasteiger partial charge < -0.3 is 9.15 Å². The second kappa shape index (κ2) is 8.70. The molecule has 32 heavy (non-hydrogen) atoms. The number of benzene rings is 3. The van der Waals surface area contributed by atoms with E-state index in [0.29, 0.717) is 33.9 Å². The first kappa shape index (κ1) is 21.4. The van der Waals surface area contributed by atoms with Crippen LogP contribution in [-0.2, 0) is 12.8 Å². The van der Waals surface area contributed by atoms with E-state index in [1.807, 2.05) is 6.07 Å².